The summed E-state index contributed by atoms with van der Waals surface area (Å²) in [6, 6.07) is 48.7. The van der Waals surface area contributed by atoms with Gasteiger partial charge in [0.15, 0.2) is 0 Å². The van der Waals surface area contributed by atoms with Crippen LogP contribution in [0.4, 0.5) is 22.7 Å². The summed E-state index contributed by atoms with van der Waals surface area (Å²) < 4.78 is 9.08. The molecular weight excluding hydrogens is 769 g/mol. The number of rotatable bonds is 9. The fourth-order valence-corrected chi connectivity index (χ4v) is 9.52. The van der Waals surface area contributed by atoms with Crippen LogP contribution in [-0.4, -0.2) is 16.2 Å². The number of anilines is 4. The number of nitrogens with zero attached hydrogens (tertiary/aromatic N) is 4. The summed E-state index contributed by atoms with van der Waals surface area (Å²) in [6.45, 7) is 26.0. The minimum absolute atomic E-state index is 0.0229. The van der Waals surface area contributed by atoms with Crippen LogP contribution in [0.2, 0.25) is 0 Å². The van der Waals surface area contributed by atoms with Gasteiger partial charge in [-0.05, 0) is 149 Å². The van der Waals surface area contributed by atoms with Gasteiger partial charge >= 0.3 is 0 Å². The van der Waals surface area contributed by atoms with E-state index in [1.54, 1.807) is 0 Å². The van der Waals surface area contributed by atoms with Gasteiger partial charge in [0.1, 0.15) is 24.0 Å². The van der Waals surface area contributed by atoms with Crippen LogP contribution >= 0.6 is 0 Å². The van der Waals surface area contributed by atoms with Crippen molar-refractivity contribution in [2.24, 2.45) is 0 Å². The first kappa shape index (κ1) is 42.0. The molecule has 0 N–H and O–H groups in total. The number of fused-ring (bicyclic) bond motifs is 4. The lowest BCUT2D eigenvalue weighted by Crippen LogP contribution is -2.25. The molecule has 6 aromatic carbocycles. The summed E-state index contributed by atoms with van der Waals surface area (Å²) >= 11 is 0. The van der Waals surface area contributed by atoms with Gasteiger partial charge in [-0.1, -0.05) is 117 Å². The first-order chi connectivity index (χ1) is 30.1. The molecule has 9 rings (SSSR count). The molecule has 1 aliphatic rings. The Balaban J connectivity index is 1.06. The quantitative estimate of drug-likeness (QED) is 0.145. The predicted molar refractivity (Wildman–Crippen MR) is 267 cm³/mol. The lowest BCUT2D eigenvalue weighted by molar-refractivity contribution is 0.438. The van der Waals surface area contributed by atoms with Crippen LogP contribution in [-0.2, 0) is 16.2 Å². The first-order valence-electron chi connectivity index (χ1n) is 22.8. The second-order valence-corrected chi connectivity index (χ2v) is 20.0. The molecule has 0 unspecified atom stereocenters. The molecule has 3 heterocycles. The summed E-state index contributed by atoms with van der Waals surface area (Å²) in [6.07, 6.45) is 4.18. The third kappa shape index (κ3) is 7.66. The Kier molecular flexibility index (Phi) is 10.5. The number of pyridine rings is 1. The number of hydrogen-bond donors (Lipinski definition) is 0. The molecule has 0 saturated carbocycles. The highest BCUT2D eigenvalue weighted by Gasteiger charge is 2.31. The molecule has 0 amide bonds. The third-order valence-corrected chi connectivity index (χ3v) is 13.8. The van der Waals surface area contributed by atoms with Crippen LogP contribution in [0, 0.1) is 13.8 Å². The topological polar surface area (TPSA) is 33.5 Å². The largest absolute Gasteiger partial charge is 0.457 e. The monoisotopic (exact) mass is 830 g/mol. The van der Waals surface area contributed by atoms with Crippen molar-refractivity contribution >= 4 is 44.6 Å². The van der Waals surface area contributed by atoms with E-state index in [2.05, 4.69) is 224 Å². The second kappa shape index (κ2) is 15.8. The van der Waals surface area contributed by atoms with E-state index in [9.17, 15) is 0 Å². The molecule has 0 radical (unpaired) electrons. The predicted octanol–water partition coefficient (Wildman–Crippen LogP) is 16.2. The van der Waals surface area contributed by atoms with Gasteiger partial charge in [0.2, 0.25) is 0 Å². The molecule has 2 aromatic heterocycles. The summed E-state index contributed by atoms with van der Waals surface area (Å²) in [5.74, 6) is 2.44. The average molecular weight is 831 g/mol. The van der Waals surface area contributed by atoms with Gasteiger partial charge in [0.05, 0.1) is 22.4 Å². The average Bonchev–Trinajstić information content (AvgIpc) is 3.81. The van der Waals surface area contributed by atoms with E-state index in [1.165, 1.54) is 61.4 Å². The SMILES string of the molecule is CCC(C)(CC)c1cc(C)c(-c2ccnc(-n3c4ccccc4c4ccc(Oc5cccc(N6CN(c7cc(C(C)(C)C)cc(C(C)(C)C)c7)c7ccccc76)c5)cc43)c2)c(C)c1. The fraction of sp³-hybridized carbons (Fsp3) is 0.293. The Morgan fingerprint density at radius 3 is 1.79 bits per heavy atom. The molecule has 0 spiro atoms. The van der Waals surface area contributed by atoms with Crippen LogP contribution in [0.5, 0.6) is 11.5 Å². The van der Waals surface area contributed by atoms with Crippen molar-refractivity contribution in [3.63, 3.8) is 0 Å². The molecule has 1 aliphatic heterocycles. The van der Waals surface area contributed by atoms with Gasteiger partial charge in [-0.15, -0.1) is 0 Å². The molecule has 0 saturated heterocycles. The molecule has 5 heteroatoms. The number of aryl methyl sites for hydroxylation is 2. The molecule has 8 aromatic rings. The number of para-hydroxylation sites is 3. The lowest BCUT2D eigenvalue weighted by atomic mass is 9.76. The maximum atomic E-state index is 6.79. The van der Waals surface area contributed by atoms with Gasteiger partial charge in [0.25, 0.3) is 0 Å². The lowest BCUT2D eigenvalue weighted by Gasteiger charge is -2.29. The van der Waals surface area contributed by atoms with Crippen molar-refractivity contribution in [2.45, 2.75) is 105 Å². The van der Waals surface area contributed by atoms with E-state index in [-0.39, 0.29) is 16.2 Å². The molecule has 0 aliphatic carbocycles. The first-order valence-corrected chi connectivity index (χ1v) is 22.8. The van der Waals surface area contributed by atoms with Crippen molar-refractivity contribution in [3.05, 3.63) is 167 Å². The van der Waals surface area contributed by atoms with Crippen LogP contribution in [0.25, 0.3) is 38.8 Å². The highest BCUT2D eigenvalue weighted by Crippen LogP contribution is 2.47. The van der Waals surface area contributed by atoms with Crippen LogP contribution < -0.4 is 14.5 Å². The van der Waals surface area contributed by atoms with Crippen LogP contribution in [0.1, 0.15) is 103 Å². The van der Waals surface area contributed by atoms with Gasteiger partial charge < -0.3 is 14.5 Å². The zero-order valence-electron chi connectivity index (χ0n) is 39.1. The Morgan fingerprint density at radius 2 is 1.14 bits per heavy atom. The Labute approximate surface area is 375 Å². The highest BCUT2D eigenvalue weighted by molar-refractivity contribution is 6.09. The molecule has 0 bridgehead atoms. The van der Waals surface area contributed by atoms with E-state index in [0.717, 1.165) is 52.3 Å². The zero-order chi connectivity index (χ0) is 44.4. The number of benzene rings is 6. The smallest absolute Gasteiger partial charge is 0.138 e. The third-order valence-electron chi connectivity index (χ3n) is 13.8. The second-order valence-electron chi connectivity index (χ2n) is 20.0. The maximum absolute atomic E-state index is 6.79. The molecule has 5 nitrogen and oxygen atoms in total. The van der Waals surface area contributed by atoms with E-state index in [4.69, 9.17) is 9.72 Å². The summed E-state index contributed by atoms with van der Waals surface area (Å²) in [4.78, 5) is 9.86. The van der Waals surface area contributed by atoms with E-state index >= 15 is 0 Å². The molecule has 63 heavy (non-hydrogen) atoms. The standard InChI is InChI=1S/C58H62N4O/c1-12-58(11,13-2)43-29-38(3)55(39(4)30-43)40-27-28-59-54(31-40)62-50-22-15-14-21-48(50)49-26-25-47(36-53(49)62)63-46-20-18-19-44(35-46)60-37-61(52-24-17-16-23-51(52)60)45-33-41(56(5,6)7)32-42(34-45)57(8,9)10/h14-36H,12-13,37H2,1-11H3. The molecular formula is C58H62N4O. The van der Waals surface area contributed by atoms with Crippen LogP contribution in [0.3, 0.4) is 0 Å². The Morgan fingerprint density at radius 1 is 0.540 bits per heavy atom. The van der Waals surface area contributed by atoms with Crippen molar-refractivity contribution in [2.75, 3.05) is 16.5 Å². The fourth-order valence-electron chi connectivity index (χ4n) is 9.52. The van der Waals surface area contributed by atoms with Gasteiger partial charge in [-0.2, -0.15) is 0 Å². The van der Waals surface area contributed by atoms with Crippen molar-refractivity contribution in [1.29, 1.82) is 0 Å². The number of ether oxygens (including phenoxy) is 1. The highest BCUT2D eigenvalue weighted by atomic mass is 16.5. The zero-order valence-corrected chi connectivity index (χ0v) is 39.1. The van der Waals surface area contributed by atoms with Crippen molar-refractivity contribution in [3.8, 4) is 28.4 Å². The summed E-state index contributed by atoms with van der Waals surface area (Å²) in [5, 5.41) is 2.34. The Hall–Kier alpha value is -6.33. The van der Waals surface area contributed by atoms with Gasteiger partial charge in [-0.3, -0.25) is 4.57 Å². The molecule has 320 valence electrons. The maximum Gasteiger partial charge on any atom is 0.138 e. The van der Waals surface area contributed by atoms with Crippen LogP contribution in [0.15, 0.2) is 140 Å². The van der Waals surface area contributed by atoms with Gasteiger partial charge in [-0.25, -0.2) is 4.98 Å². The summed E-state index contributed by atoms with van der Waals surface area (Å²) in [5.41, 5.74) is 16.2. The normalized spacial score (nSPS) is 13.3. The van der Waals surface area contributed by atoms with E-state index in [1.807, 2.05) is 6.20 Å². The van der Waals surface area contributed by atoms with E-state index in [0.29, 0.717) is 6.67 Å². The minimum Gasteiger partial charge on any atom is -0.457 e. The Bertz CT molecular complexity index is 2950. The molecule has 0 fully saturated rings. The van der Waals surface area contributed by atoms with Crippen molar-refractivity contribution < 1.29 is 4.74 Å². The minimum atomic E-state index is 0.0229. The summed E-state index contributed by atoms with van der Waals surface area (Å²) in [7, 11) is 0. The molecule has 0 atom stereocenters. The van der Waals surface area contributed by atoms with E-state index < -0.39 is 0 Å². The number of aromatic nitrogens is 2. The number of hydrogen-bond acceptors (Lipinski definition) is 4. The van der Waals surface area contributed by atoms with Crippen molar-refractivity contribution in [1.82, 2.24) is 9.55 Å². The van der Waals surface area contributed by atoms with Gasteiger partial charge in [0, 0.05) is 40.5 Å².